The Labute approximate surface area is 246 Å². The van der Waals surface area contributed by atoms with Crippen molar-refractivity contribution in [3.8, 4) is 11.5 Å². The summed E-state index contributed by atoms with van der Waals surface area (Å²) in [5.74, 6) is -0.590. The molecule has 5 rings (SSSR count). The number of methoxy groups -OCH3 is 1. The summed E-state index contributed by atoms with van der Waals surface area (Å²) in [6.07, 6.45) is -3.53. The fraction of sp³-hybridized carbons (Fsp3) is 0.233. The van der Waals surface area contributed by atoms with Gasteiger partial charge in [0.15, 0.2) is 10.5 Å². The molecule has 0 radical (unpaired) electrons. The lowest BCUT2D eigenvalue weighted by molar-refractivity contribution is -0.140. The number of allylic oxidation sites excluding steroid dienone is 1. The van der Waals surface area contributed by atoms with Gasteiger partial charge in [0.1, 0.15) is 17.5 Å². The Morgan fingerprint density at radius 1 is 1.10 bits per heavy atom. The normalized spacial score (nSPS) is 15.4. The molecule has 3 aromatic carbocycles. The zero-order valence-electron chi connectivity index (χ0n) is 22.6. The van der Waals surface area contributed by atoms with Crippen LogP contribution in [-0.2, 0) is 9.53 Å². The van der Waals surface area contributed by atoms with Crippen LogP contribution in [0.25, 0.3) is 16.8 Å². The lowest BCUT2D eigenvalue weighted by Crippen LogP contribution is -2.41. The average Bonchev–Trinajstić information content (AvgIpc) is 3.27. The highest BCUT2D eigenvalue weighted by atomic mass is 35.5. The quantitative estimate of drug-likeness (QED) is 0.254. The number of carbonyl (C=O) groups is 1. The molecule has 1 atom stereocenters. The molecule has 0 N–H and O–H groups in total. The van der Waals surface area contributed by atoms with Crippen LogP contribution in [0.5, 0.6) is 11.5 Å². The molecule has 0 saturated carbocycles. The minimum absolute atomic E-state index is 0.0878. The Morgan fingerprint density at radius 3 is 2.50 bits per heavy atom. The van der Waals surface area contributed by atoms with E-state index < -0.39 is 35.0 Å². The molecule has 2 heterocycles. The van der Waals surface area contributed by atoms with Crippen LogP contribution in [0.2, 0.25) is 5.02 Å². The molecule has 0 unspecified atom stereocenters. The second kappa shape index (κ2) is 11.7. The number of aromatic nitrogens is 1. The first-order valence-corrected chi connectivity index (χ1v) is 14.1. The van der Waals surface area contributed by atoms with Crippen LogP contribution in [0.4, 0.5) is 13.2 Å². The number of ether oxygens (including phenoxy) is 3. The number of hydrogen-bond acceptors (Lipinski definition) is 7. The second-order valence-corrected chi connectivity index (χ2v) is 10.5. The fourth-order valence-corrected chi connectivity index (χ4v) is 6.12. The maximum Gasteiger partial charge on any atom is 0.434 e. The van der Waals surface area contributed by atoms with Gasteiger partial charge in [-0.15, -0.1) is 0 Å². The summed E-state index contributed by atoms with van der Waals surface area (Å²) in [5, 5.41) is 1.48. The van der Waals surface area contributed by atoms with E-state index >= 15 is 0 Å². The Bertz CT molecular complexity index is 1910. The number of carbonyl (C=O) groups excluding carboxylic acids is 1. The van der Waals surface area contributed by atoms with E-state index in [9.17, 15) is 22.8 Å². The van der Waals surface area contributed by atoms with Gasteiger partial charge in [-0.25, -0.2) is 9.79 Å². The lowest BCUT2D eigenvalue weighted by Gasteiger charge is -2.28. The van der Waals surface area contributed by atoms with Crippen LogP contribution in [0.1, 0.15) is 31.0 Å². The van der Waals surface area contributed by atoms with Crippen molar-refractivity contribution in [2.75, 3.05) is 20.3 Å². The number of rotatable bonds is 7. The van der Waals surface area contributed by atoms with Gasteiger partial charge in [0.25, 0.3) is 5.56 Å². The summed E-state index contributed by atoms with van der Waals surface area (Å²) in [7, 11) is 1.37. The topological polar surface area (TPSA) is 79.1 Å². The summed E-state index contributed by atoms with van der Waals surface area (Å²) < 4.78 is 61.0. The summed E-state index contributed by atoms with van der Waals surface area (Å²) in [6, 6.07) is 13.6. The number of nitrogens with zero attached hydrogens (tertiary/aromatic N) is 2. The first-order valence-electron chi connectivity index (χ1n) is 12.9. The molecule has 0 saturated heterocycles. The molecule has 218 valence electrons. The highest BCUT2D eigenvalue weighted by Crippen LogP contribution is 2.43. The smallest absolute Gasteiger partial charge is 0.434 e. The fourth-order valence-electron chi connectivity index (χ4n) is 4.88. The van der Waals surface area contributed by atoms with E-state index in [1.54, 1.807) is 54.6 Å². The number of benzene rings is 3. The number of alkyl halides is 3. The standard InChI is InChI=1S/C30H24ClF3N2O5S/c1-4-40-20-12-10-16(14-19(20)31)15-22-27(37)36-25(23-18-9-7-6-8-17(18)11-13-21(23)39-3)24(28(38)41-5-2)26(30(32,33)34)35-29(36)42-22/h6-15,25H,4-5H2,1-3H3/b22-15-/t25-/m0/s1. The molecule has 0 spiro atoms. The van der Waals surface area contributed by atoms with Crippen molar-refractivity contribution >= 4 is 45.8 Å². The summed E-state index contributed by atoms with van der Waals surface area (Å²) in [6.45, 7) is 3.51. The highest BCUT2D eigenvalue weighted by molar-refractivity contribution is 7.07. The van der Waals surface area contributed by atoms with Gasteiger partial charge in [-0.2, -0.15) is 13.2 Å². The van der Waals surface area contributed by atoms with Crippen LogP contribution >= 0.6 is 22.9 Å². The molecule has 0 amide bonds. The first-order chi connectivity index (χ1) is 20.1. The van der Waals surface area contributed by atoms with Crippen molar-refractivity contribution in [2.24, 2.45) is 4.99 Å². The lowest BCUT2D eigenvalue weighted by atomic mass is 9.90. The third kappa shape index (κ3) is 5.30. The number of thiazole rings is 1. The third-order valence-corrected chi connectivity index (χ3v) is 7.85. The van der Waals surface area contributed by atoms with E-state index in [-0.39, 0.29) is 27.3 Å². The largest absolute Gasteiger partial charge is 0.496 e. The molecule has 12 heteroatoms. The van der Waals surface area contributed by atoms with Crippen LogP contribution in [0.15, 0.2) is 75.7 Å². The van der Waals surface area contributed by atoms with Gasteiger partial charge in [-0.3, -0.25) is 9.36 Å². The molecule has 7 nitrogen and oxygen atoms in total. The van der Waals surface area contributed by atoms with Crippen LogP contribution < -0.4 is 24.4 Å². The maximum absolute atomic E-state index is 14.6. The highest BCUT2D eigenvalue weighted by Gasteiger charge is 2.46. The van der Waals surface area contributed by atoms with Gasteiger partial charge in [0.05, 0.1) is 35.5 Å². The Kier molecular flexibility index (Phi) is 8.16. The monoisotopic (exact) mass is 616 g/mol. The molecule has 1 aromatic heterocycles. The van der Waals surface area contributed by atoms with E-state index in [1.165, 1.54) is 20.1 Å². The molecular weight excluding hydrogens is 593 g/mol. The number of fused-ring (bicyclic) bond motifs is 2. The molecule has 42 heavy (non-hydrogen) atoms. The van der Waals surface area contributed by atoms with Crippen LogP contribution in [0, 0.1) is 0 Å². The Hall–Kier alpha value is -4.09. The number of esters is 1. The molecule has 1 aliphatic rings. The molecular formula is C30H24ClF3N2O5S. The van der Waals surface area contributed by atoms with Gasteiger partial charge < -0.3 is 14.2 Å². The van der Waals surface area contributed by atoms with Crippen molar-refractivity contribution in [2.45, 2.75) is 26.1 Å². The van der Waals surface area contributed by atoms with E-state index in [2.05, 4.69) is 4.99 Å². The predicted octanol–water partition coefficient (Wildman–Crippen LogP) is 5.55. The van der Waals surface area contributed by atoms with Gasteiger partial charge >= 0.3 is 12.1 Å². The van der Waals surface area contributed by atoms with Crippen molar-refractivity contribution < 1.29 is 32.2 Å². The molecule has 0 bridgehead atoms. The van der Waals surface area contributed by atoms with E-state index in [4.69, 9.17) is 25.8 Å². The Morgan fingerprint density at radius 2 is 1.83 bits per heavy atom. The SMILES string of the molecule is CCOC(=O)C1=C(C(F)(F)F)N=c2s/c(=C\c3ccc(OCC)c(Cl)c3)c(=O)n2[C@H]1c1c(OC)ccc2ccccc12. The summed E-state index contributed by atoms with van der Waals surface area (Å²) in [5.41, 5.74) is -2.16. The summed E-state index contributed by atoms with van der Waals surface area (Å²) >= 11 is 7.09. The van der Waals surface area contributed by atoms with Crippen molar-refractivity contribution in [3.63, 3.8) is 0 Å². The molecule has 0 aliphatic carbocycles. The van der Waals surface area contributed by atoms with Crippen molar-refractivity contribution in [1.29, 1.82) is 0 Å². The zero-order valence-corrected chi connectivity index (χ0v) is 24.2. The van der Waals surface area contributed by atoms with E-state index in [0.29, 0.717) is 33.7 Å². The van der Waals surface area contributed by atoms with Gasteiger partial charge in [0, 0.05) is 5.56 Å². The third-order valence-electron chi connectivity index (χ3n) is 6.57. The van der Waals surface area contributed by atoms with Crippen LogP contribution in [-0.4, -0.2) is 37.0 Å². The van der Waals surface area contributed by atoms with Gasteiger partial charge in [-0.1, -0.05) is 59.3 Å². The maximum atomic E-state index is 14.6. The first kappa shape index (κ1) is 29.4. The van der Waals surface area contributed by atoms with Crippen LogP contribution in [0.3, 0.4) is 0 Å². The molecule has 1 aliphatic heterocycles. The van der Waals surface area contributed by atoms with Gasteiger partial charge in [-0.05, 0) is 54.5 Å². The van der Waals surface area contributed by atoms with Crippen molar-refractivity contribution in [1.82, 2.24) is 4.57 Å². The summed E-state index contributed by atoms with van der Waals surface area (Å²) in [4.78, 5) is 30.9. The predicted molar refractivity (Wildman–Crippen MR) is 154 cm³/mol. The van der Waals surface area contributed by atoms with E-state index in [0.717, 1.165) is 15.9 Å². The second-order valence-electron chi connectivity index (χ2n) is 9.09. The number of halogens is 4. The number of hydrogen-bond donors (Lipinski definition) is 0. The molecule has 0 fully saturated rings. The minimum atomic E-state index is -5.03. The van der Waals surface area contributed by atoms with Gasteiger partial charge in [0.2, 0.25) is 0 Å². The van der Waals surface area contributed by atoms with Crippen molar-refractivity contribution in [3.05, 3.63) is 102 Å². The molecule has 4 aromatic rings. The van der Waals surface area contributed by atoms with E-state index in [1.807, 2.05) is 6.92 Å². The Balaban J connectivity index is 1.87. The average molecular weight is 617 g/mol. The zero-order chi connectivity index (χ0) is 30.2. The minimum Gasteiger partial charge on any atom is -0.496 e.